The van der Waals surface area contributed by atoms with E-state index in [0.717, 1.165) is 16.9 Å². The number of thiophene rings is 1. The Morgan fingerprint density at radius 1 is 1.31 bits per heavy atom. The average Bonchev–Trinajstić information content (AvgIpc) is 3.19. The predicted octanol–water partition coefficient (Wildman–Crippen LogP) is 5.56. The van der Waals surface area contributed by atoms with Gasteiger partial charge in [0.05, 0.1) is 28.2 Å². The number of benzene rings is 1. The first kappa shape index (κ1) is 22.1. The van der Waals surface area contributed by atoms with Crippen LogP contribution in [-0.2, 0) is 4.79 Å². The summed E-state index contributed by atoms with van der Waals surface area (Å²) >= 11 is 7.34. The fraction of sp³-hybridized carbons (Fsp3) is 0.304. The lowest BCUT2D eigenvalue weighted by molar-refractivity contribution is -0.380. The van der Waals surface area contributed by atoms with Crippen LogP contribution in [0.2, 0.25) is 5.02 Å². The van der Waals surface area contributed by atoms with Gasteiger partial charge in [-0.1, -0.05) is 42.9 Å². The third-order valence-electron chi connectivity index (χ3n) is 5.94. The molecule has 32 heavy (non-hydrogen) atoms. The van der Waals surface area contributed by atoms with E-state index >= 15 is 0 Å². The SMILES string of the molecule is Cc1c(Cl)cccc1N1C(N)=C(C#N)[C@@H](c2ccc([N+](=O)[O-])s2)C2=C1CC(C)(C)CC2=O. The summed E-state index contributed by atoms with van der Waals surface area (Å²) in [7, 11) is 0. The van der Waals surface area contributed by atoms with Gasteiger partial charge in [0.25, 0.3) is 0 Å². The fourth-order valence-electron chi connectivity index (χ4n) is 4.50. The number of anilines is 1. The van der Waals surface area contributed by atoms with Gasteiger partial charge in [-0.25, -0.2) is 0 Å². The molecule has 0 fully saturated rings. The molecule has 2 heterocycles. The highest BCUT2D eigenvalue weighted by Gasteiger charge is 2.45. The molecule has 0 bridgehead atoms. The van der Waals surface area contributed by atoms with Crippen LogP contribution in [0.4, 0.5) is 10.7 Å². The van der Waals surface area contributed by atoms with Crippen molar-refractivity contribution in [3.8, 4) is 6.07 Å². The molecule has 9 heteroatoms. The first-order valence-electron chi connectivity index (χ1n) is 10.0. The second-order valence-electron chi connectivity index (χ2n) is 8.80. The van der Waals surface area contributed by atoms with Crippen molar-refractivity contribution in [2.45, 2.75) is 39.5 Å². The maximum absolute atomic E-state index is 13.5. The van der Waals surface area contributed by atoms with E-state index in [1.807, 2.05) is 26.8 Å². The zero-order valence-corrected chi connectivity index (χ0v) is 19.4. The number of hydrogen-bond acceptors (Lipinski definition) is 7. The van der Waals surface area contributed by atoms with Crippen molar-refractivity contribution < 1.29 is 9.72 Å². The van der Waals surface area contributed by atoms with Crippen molar-refractivity contribution in [2.75, 3.05) is 4.90 Å². The molecule has 1 atom stereocenters. The van der Waals surface area contributed by atoms with Crippen LogP contribution in [0, 0.1) is 33.8 Å². The van der Waals surface area contributed by atoms with Crippen molar-refractivity contribution in [3.05, 3.63) is 78.6 Å². The Kier molecular flexibility index (Phi) is 5.35. The van der Waals surface area contributed by atoms with Crippen LogP contribution in [0.5, 0.6) is 0 Å². The lowest BCUT2D eigenvalue weighted by Gasteiger charge is -2.43. The number of nitrogens with two attached hydrogens (primary N) is 1. The van der Waals surface area contributed by atoms with Crippen LogP contribution in [0.1, 0.15) is 43.0 Å². The first-order valence-corrected chi connectivity index (χ1v) is 11.2. The van der Waals surface area contributed by atoms with Crippen LogP contribution in [0.3, 0.4) is 0 Å². The molecule has 0 saturated heterocycles. The van der Waals surface area contributed by atoms with Gasteiger partial charge in [-0.15, -0.1) is 0 Å². The van der Waals surface area contributed by atoms with Gasteiger partial charge < -0.3 is 5.73 Å². The number of carbonyl (C=O) groups excluding carboxylic acids is 1. The molecule has 0 saturated carbocycles. The maximum Gasteiger partial charge on any atom is 0.324 e. The topological polar surface area (TPSA) is 113 Å². The third kappa shape index (κ3) is 3.48. The number of Topliss-reactive ketones (excluding diaryl/α,β-unsaturated/α-hetero) is 1. The van der Waals surface area contributed by atoms with Gasteiger partial charge >= 0.3 is 5.00 Å². The zero-order chi connectivity index (χ0) is 23.4. The number of halogens is 1. The molecule has 2 N–H and O–H groups in total. The van der Waals surface area contributed by atoms with E-state index in [9.17, 15) is 20.2 Å². The summed E-state index contributed by atoms with van der Waals surface area (Å²) in [5.41, 5.74) is 9.16. The smallest absolute Gasteiger partial charge is 0.324 e. The van der Waals surface area contributed by atoms with E-state index in [1.165, 1.54) is 6.07 Å². The van der Waals surface area contributed by atoms with Crippen molar-refractivity contribution in [1.29, 1.82) is 5.26 Å². The second-order valence-corrected chi connectivity index (χ2v) is 10.3. The van der Waals surface area contributed by atoms with E-state index in [0.29, 0.717) is 39.7 Å². The number of nitriles is 1. The summed E-state index contributed by atoms with van der Waals surface area (Å²) in [4.78, 5) is 26.6. The highest BCUT2D eigenvalue weighted by Crippen LogP contribution is 2.52. The van der Waals surface area contributed by atoms with Crippen molar-refractivity contribution in [1.82, 2.24) is 0 Å². The molecule has 2 aliphatic rings. The van der Waals surface area contributed by atoms with Gasteiger partial charge in [0.2, 0.25) is 0 Å². The summed E-state index contributed by atoms with van der Waals surface area (Å²) in [6.07, 6.45) is 0.875. The lowest BCUT2D eigenvalue weighted by Crippen LogP contribution is -2.42. The van der Waals surface area contributed by atoms with E-state index in [2.05, 4.69) is 6.07 Å². The summed E-state index contributed by atoms with van der Waals surface area (Å²) in [6.45, 7) is 5.90. The number of nitro groups is 1. The van der Waals surface area contributed by atoms with Gasteiger partial charge in [-0.2, -0.15) is 5.26 Å². The van der Waals surface area contributed by atoms with Crippen molar-refractivity contribution >= 4 is 39.4 Å². The van der Waals surface area contributed by atoms with Gasteiger partial charge in [0.15, 0.2) is 5.78 Å². The zero-order valence-electron chi connectivity index (χ0n) is 17.8. The molecule has 0 unspecified atom stereocenters. The molecular weight excluding hydrogens is 448 g/mol. The largest absolute Gasteiger partial charge is 0.384 e. The standard InChI is InChI=1S/C23H21ClN4O3S/c1-12-14(24)5-4-6-15(12)27-16-9-23(2,3)10-17(29)21(16)20(13(11-25)22(27)26)18-7-8-19(32-18)28(30)31/h4-8,20H,9-10,26H2,1-3H3/t20-/m0/s1. The van der Waals surface area contributed by atoms with Gasteiger partial charge in [-0.05, 0) is 42.5 Å². The minimum atomic E-state index is -0.729. The number of allylic oxidation sites excluding steroid dienone is 3. The Balaban J connectivity index is 2.02. The molecule has 0 radical (unpaired) electrons. The fourth-order valence-corrected chi connectivity index (χ4v) is 5.61. The molecule has 1 aliphatic heterocycles. The van der Waals surface area contributed by atoms with Crippen LogP contribution < -0.4 is 10.6 Å². The Bertz CT molecular complexity index is 1270. The average molecular weight is 469 g/mol. The molecule has 7 nitrogen and oxygen atoms in total. The molecule has 164 valence electrons. The lowest BCUT2D eigenvalue weighted by atomic mass is 9.69. The Hall–Kier alpha value is -3.15. The minimum Gasteiger partial charge on any atom is -0.384 e. The Morgan fingerprint density at radius 3 is 2.66 bits per heavy atom. The Morgan fingerprint density at radius 2 is 2.03 bits per heavy atom. The molecule has 1 aromatic heterocycles. The van der Waals surface area contributed by atoms with Gasteiger partial charge in [0, 0.05) is 33.7 Å². The first-order chi connectivity index (χ1) is 15.1. The maximum atomic E-state index is 13.5. The molecule has 2 aromatic rings. The highest BCUT2D eigenvalue weighted by molar-refractivity contribution is 7.15. The quantitative estimate of drug-likeness (QED) is 0.466. The van der Waals surface area contributed by atoms with Crippen LogP contribution >= 0.6 is 22.9 Å². The van der Waals surface area contributed by atoms with Gasteiger partial charge in [-0.3, -0.25) is 19.8 Å². The third-order valence-corrected chi connectivity index (χ3v) is 7.45. The molecular formula is C23H21ClN4O3S. The van der Waals surface area contributed by atoms with Crippen LogP contribution in [0.15, 0.2) is 53.0 Å². The number of nitrogens with zero attached hydrogens (tertiary/aromatic N) is 3. The van der Waals surface area contributed by atoms with Crippen LogP contribution in [-0.4, -0.2) is 10.7 Å². The molecule has 4 rings (SSSR count). The van der Waals surface area contributed by atoms with Crippen LogP contribution in [0.25, 0.3) is 0 Å². The summed E-state index contributed by atoms with van der Waals surface area (Å²) in [6, 6.07) is 10.6. The number of rotatable bonds is 3. The number of hydrogen-bond donors (Lipinski definition) is 1. The molecule has 1 aromatic carbocycles. The Labute approximate surface area is 194 Å². The van der Waals surface area contributed by atoms with E-state index in [4.69, 9.17) is 17.3 Å². The summed E-state index contributed by atoms with van der Waals surface area (Å²) < 4.78 is 0. The molecule has 0 amide bonds. The molecule has 0 spiro atoms. The van der Waals surface area contributed by atoms with Gasteiger partial charge in [0.1, 0.15) is 5.82 Å². The number of ketones is 1. The minimum absolute atomic E-state index is 0.0466. The highest BCUT2D eigenvalue weighted by atomic mass is 35.5. The van der Waals surface area contributed by atoms with E-state index < -0.39 is 10.8 Å². The van der Waals surface area contributed by atoms with Crippen molar-refractivity contribution in [2.24, 2.45) is 11.1 Å². The number of carbonyl (C=O) groups is 1. The molecule has 1 aliphatic carbocycles. The predicted molar refractivity (Wildman–Crippen MR) is 124 cm³/mol. The normalized spacial score (nSPS) is 20.3. The van der Waals surface area contributed by atoms with Crippen molar-refractivity contribution in [3.63, 3.8) is 0 Å². The van der Waals surface area contributed by atoms with E-state index in [1.54, 1.807) is 23.1 Å². The summed E-state index contributed by atoms with van der Waals surface area (Å²) in [5, 5.41) is 21.8. The second kappa shape index (κ2) is 7.76. The summed E-state index contributed by atoms with van der Waals surface area (Å²) in [5.74, 6) is -0.599. The monoisotopic (exact) mass is 468 g/mol. The van der Waals surface area contributed by atoms with E-state index in [-0.39, 0.29) is 27.6 Å².